The quantitative estimate of drug-likeness (QED) is 0.542. The van der Waals surface area contributed by atoms with Gasteiger partial charge in [0.2, 0.25) is 5.91 Å². The van der Waals surface area contributed by atoms with E-state index in [4.69, 9.17) is 21.1 Å². The van der Waals surface area contributed by atoms with Crippen molar-refractivity contribution in [3.8, 4) is 10.4 Å². The molecule has 1 N–H and O–H groups in total. The molecular weight excluding hydrogens is 346 g/mol. The molecule has 0 atom stereocenters. The number of nitrogens with one attached hydrogen (secondary N) is 1. The number of amides is 1. The van der Waals surface area contributed by atoms with E-state index >= 15 is 0 Å². The SMILES string of the molecule is COCCOCCNC(=O)/C=C/c1ccc(-c2cccc(Cl)c2)s1. The van der Waals surface area contributed by atoms with Gasteiger partial charge in [0, 0.05) is 34.5 Å². The molecule has 0 bridgehead atoms. The lowest BCUT2D eigenvalue weighted by atomic mass is 10.2. The van der Waals surface area contributed by atoms with E-state index in [2.05, 4.69) is 5.32 Å². The normalized spacial score (nSPS) is 11.1. The third-order valence-electron chi connectivity index (χ3n) is 3.11. The molecule has 0 radical (unpaired) electrons. The molecule has 2 aromatic rings. The first kappa shape index (κ1) is 18.7. The topological polar surface area (TPSA) is 47.6 Å². The van der Waals surface area contributed by atoms with Gasteiger partial charge in [-0.05, 0) is 35.9 Å². The van der Waals surface area contributed by atoms with E-state index in [1.54, 1.807) is 24.5 Å². The summed E-state index contributed by atoms with van der Waals surface area (Å²) in [6, 6.07) is 11.7. The van der Waals surface area contributed by atoms with E-state index in [0.29, 0.717) is 31.4 Å². The maximum Gasteiger partial charge on any atom is 0.244 e. The summed E-state index contributed by atoms with van der Waals surface area (Å²) in [5.41, 5.74) is 1.07. The van der Waals surface area contributed by atoms with Gasteiger partial charge in [-0.2, -0.15) is 0 Å². The molecule has 0 spiro atoms. The summed E-state index contributed by atoms with van der Waals surface area (Å²) in [6.45, 7) is 2.04. The Bertz CT molecular complexity index is 684. The molecule has 1 aromatic heterocycles. The van der Waals surface area contributed by atoms with Crippen molar-refractivity contribution in [1.29, 1.82) is 0 Å². The fourth-order valence-corrected chi connectivity index (χ4v) is 3.04. The van der Waals surface area contributed by atoms with Crippen LogP contribution in [0.1, 0.15) is 4.88 Å². The maximum absolute atomic E-state index is 11.7. The Hall–Kier alpha value is -1.66. The van der Waals surface area contributed by atoms with Crippen molar-refractivity contribution in [1.82, 2.24) is 5.32 Å². The molecule has 4 nitrogen and oxygen atoms in total. The van der Waals surface area contributed by atoms with Gasteiger partial charge < -0.3 is 14.8 Å². The zero-order chi connectivity index (χ0) is 17.2. The highest BCUT2D eigenvalue weighted by molar-refractivity contribution is 7.16. The highest BCUT2D eigenvalue weighted by Gasteiger charge is 2.02. The summed E-state index contributed by atoms with van der Waals surface area (Å²) in [4.78, 5) is 13.9. The summed E-state index contributed by atoms with van der Waals surface area (Å²) < 4.78 is 10.1. The van der Waals surface area contributed by atoms with Gasteiger partial charge in [-0.25, -0.2) is 0 Å². The van der Waals surface area contributed by atoms with E-state index in [-0.39, 0.29) is 5.91 Å². The summed E-state index contributed by atoms with van der Waals surface area (Å²) in [6.07, 6.45) is 3.34. The Kier molecular flexibility index (Phi) is 7.98. The molecule has 128 valence electrons. The summed E-state index contributed by atoms with van der Waals surface area (Å²) >= 11 is 7.62. The standard InChI is InChI=1S/C18H20ClNO3S/c1-22-11-12-23-10-9-20-18(21)8-6-16-5-7-17(24-16)14-3-2-4-15(19)13-14/h2-8,13H,9-12H2,1H3,(H,20,21)/b8-6+. The van der Waals surface area contributed by atoms with Crippen molar-refractivity contribution in [3.05, 3.63) is 52.4 Å². The van der Waals surface area contributed by atoms with E-state index in [1.807, 2.05) is 36.4 Å². The number of thiophene rings is 1. The zero-order valence-corrected chi connectivity index (χ0v) is 15.0. The first-order valence-corrected chi connectivity index (χ1v) is 8.77. The van der Waals surface area contributed by atoms with Crippen LogP contribution in [0.3, 0.4) is 0 Å². The second-order valence-corrected chi connectivity index (χ2v) is 6.49. The first-order chi connectivity index (χ1) is 11.7. The minimum atomic E-state index is -0.136. The third kappa shape index (κ3) is 6.45. The lowest BCUT2D eigenvalue weighted by Crippen LogP contribution is -2.25. The van der Waals surface area contributed by atoms with Gasteiger partial charge in [-0.1, -0.05) is 23.7 Å². The van der Waals surface area contributed by atoms with Crippen LogP contribution in [0.5, 0.6) is 0 Å². The van der Waals surface area contributed by atoms with Crippen molar-refractivity contribution in [3.63, 3.8) is 0 Å². The van der Waals surface area contributed by atoms with Crippen LogP contribution >= 0.6 is 22.9 Å². The van der Waals surface area contributed by atoms with Crippen LogP contribution in [0, 0.1) is 0 Å². The maximum atomic E-state index is 11.7. The van der Waals surface area contributed by atoms with Crippen molar-refractivity contribution in [2.75, 3.05) is 33.5 Å². The second-order valence-electron chi connectivity index (χ2n) is 4.94. The van der Waals surface area contributed by atoms with E-state index in [1.165, 1.54) is 6.08 Å². The second kappa shape index (κ2) is 10.3. The number of hydrogen-bond acceptors (Lipinski definition) is 4. The molecule has 0 aliphatic heterocycles. The molecule has 0 saturated carbocycles. The predicted molar refractivity (Wildman–Crippen MR) is 99.5 cm³/mol. The Balaban J connectivity index is 1.79. The average molecular weight is 366 g/mol. The van der Waals surface area contributed by atoms with Crippen LogP contribution in [-0.4, -0.2) is 39.4 Å². The number of methoxy groups -OCH3 is 1. The summed E-state index contributed by atoms with van der Waals surface area (Å²) in [5, 5.41) is 3.48. The Labute approximate surface area is 151 Å². The molecule has 0 saturated heterocycles. The number of rotatable bonds is 9. The average Bonchev–Trinajstić information content (AvgIpc) is 3.05. The molecule has 6 heteroatoms. The fourth-order valence-electron chi connectivity index (χ4n) is 1.95. The van der Waals surface area contributed by atoms with Gasteiger partial charge in [0.15, 0.2) is 0 Å². The van der Waals surface area contributed by atoms with E-state index in [9.17, 15) is 4.79 Å². The number of halogens is 1. The minimum Gasteiger partial charge on any atom is -0.382 e. The van der Waals surface area contributed by atoms with Crippen molar-refractivity contribution >= 4 is 34.9 Å². The largest absolute Gasteiger partial charge is 0.382 e. The van der Waals surface area contributed by atoms with Gasteiger partial charge >= 0.3 is 0 Å². The van der Waals surface area contributed by atoms with Gasteiger partial charge in [0.05, 0.1) is 19.8 Å². The molecule has 24 heavy (non-hydrogen) atoms. The predicted octanol–water partition coefficient (Wildman–Crippen LogP) is 3.86. The highest BCUT2D eigenvalue weighted by Crippen LogP contribution is 2.30. The molecule has 0 unspecified atom stereocenters. The van der Waals surface area contributed by atoms with Crippen molar-refractivity contribution in [2.45, 2.75) is 0 Å². The fraction of sp³-hybridized carbons (Fsp3) is 0.278. The van der Waals surface area contributed by atoms with Gasteiger partial charge in [0.1, 0.15) is 0 Å². The number of hydrogen-bond donors (Lipinski definition) is 1. The molecule has 1 aromatic carbocycles. The lowest BCUT2D eigenvalue weighted by Gasteiger charge is -2.03. The monoisotopic (exact) mass is 365 g/mol. The molecule has 1 heterocycles. The molecule has 0 aliphatic rings. The molecule has 0 fully saturated rings. The van der Waals surface area contributed by atoms with Crippen LogP contribution < -0.4 is 5.32 Å². The van der Waals surface area contributed by atoms with Crippen molar-refractivity contribution < 1.29 is 14.3 Å². The summed E-state index contributed by atoms with van der Waals surface area (Å²) in [7, 11) is 1.62. The van der Waals surface area contributed by atoms with Gasteiger partial charge in [-0.15, -0.1) is 11.3 Å². The van der Waals surface area contributed by atoms with Crippen LogP contribution in [0.15, 0.2) is 42.5 Å². The Morgan fingerprint density at radius 3 is 2.92 bits per heavy atom. The Morgan fingerprint density at radius 2 is 2.12 bits per heavy atom. The van der Waals surface area contributed by atoms with Crippen LogP contribution in [0.4, 0.5) is 0 Å². The van der Waals surface area contributed by atoms with Gasteiger partial charge in [-0.3, -0.25) is 4.79 Å². The van der Waals surface area contributed by atoms with E-state index < -0.39 is 0 Å². The highest BCUT2D eigenvalue weighted by atomic mass is 35.5. The summed E-state index contributed by atoms with van der Waals surface area (Å²) in [5.74, 6) is -0.136. The number of carbonyl (C=O) groups excluding carboxylic acids is 1. The van der Waals surface area contributed by atoms with E-state index in [0.717, 1.165) is 15.3 Å². The number of carbonyl (C=O) groups is 1. The van der Waals surface area contributed by atoms with Gasteiger partial charge in [0.25, 0.3) is 0 Å². The molecular formula is C18H20ClNO3S. The molecule has 0 aliphatic carbocycles. The first-order valence-electron chi connectivity index (χ1n) is 7.57. The minimum absolute atomic E-state index is 0.136. The lowest BCUT2D eigenvalue weighted by molar-refractivity contribution is -0.116. The molecule has 2 rings (SSSR count). The Morgan fingerprint density at radius 1 is 1.25 bits per heavy atom. The van der Waals surface area contributed by atoms with Crippen LogP contribution in [-0.2, 0) is 14.3 Å². The van der Waals surface area contributed by atoms with Crippen LogP contribution in [0.2, 0.25) is 5.02 Å². The third-order valence-corrected chi connectivity index (χ3v) is 4.45. The smallest absolute Gasteiger partial charge is 0.244 e. The number of ether oxygens (including phenoxy) is 2. The van der Waals surface area contributed by atoms with Crippen LogP contribution in [0.25, 0.3) is 16.5 Å². The zero-order valence-electron chi connectivity index (χ0n) is 13.5. The molecule has 1 amide bonds. The van der Waals surface area contributed by atoms with Crippen molar-refractivity contribution in [2.24, 2.45) is 0 Å². The number of benzene rings is 1.